The molecule has 92 valence electrons. The zero-order valence-electron chi connectivity index (χ0n) is 10.4. The van der Waals surface area contributed by atoms with Crippen molar-refractivity contribution in [2.75, 3.05) is 19.0 Å². The highest BCUT2D eigenvalue weighted by Crippen LogP contribution is 2.14. The second-order valence-corrected chi connectivity index (χ2v) is 4.19. The van der Waals surface area contributed by atoms with Crippen LogP contribution in [0, 0.1) is 0 Å². The first kappa shape index (κ1) is 11.9. The molecule has 0 bridgehead atoms. The van der Waals surface area contributed by atoms with Gasteiger partial charge in [0.15, 0.2) is 0 Å². The molecule has 1 aromatic heterocycles. The van der Waals surface area contributed by atoms with Crippen LogP contribution < -0.4 is 5.32 Å². The number of ether oxygens (including phenoxy) is 1. The second kappa shape index (κ2) is 5.68. The summed E-state index contributed by atoms with van der Waals surface area (Å²) in [5, 5.41) is 3.38. The summed E-state index contributed by atoms with van der Waals surface area (Å²) in [6.45, 7) is 2.87. The van der Waals surface area contributed by atoms with Crippen LogP contribution in [0.2, 0.25) is 0 Å². The van der Waals surface area contributed by atoms with E-state index in [1.807, 2.05) is 24.3 Å². The lowest BCUT2D eigenvalue weighted by molar-refractivity contribution is 0.182. The average Bonchev–Trinajstić information content (AvgIpc) is 2.71. The number of nitrogens with zero attached hydrogens (tertiary/aromatic N) is 1. The molecule has 0 aliphatic heterocycles. The van der Waals surface area contributed by atoms with Crippen LogP contribution in [0.1, 0.15) is 19.8 Å². The van der Waals surface area contributed by atoms with Crippen LogP contribution in [0.15, 0.2) is 24.3 Å². The maximum Gasteiger partial charge on any atom is 0.201 e. The van der Waals surface area contributed by atoms with E-state index in [9.17, 15) is 0 Å². The zero-order valence-corrected chi connectivity index (χ0v) is 10.4. The third kappa shape index (κ3) is 2.97. The predicted octanol–water partition coefficient (Wildman–Crippen LogP) is 2.79. The van der Waals surface area contributed by atoms with Gasteiger partial charge in [-0.15, -0.1) is 0 Å². The molecule has 0 aliphatic rings. The fraction of sp³-hybridized carbons (Fsp3) is 0.462. The monoisotopic (exact) mass is 233 g/mol. The summed E-state index contributed by atoms with van der Waals surface area (Å²) in [5.41, 5.74) is 2.05. The molecule has 17 heavy (non-hydrogen) atoms. The molecule has 4 nitrogen and oxygen atoms in total. The standard InChI is InChI=1S/C13H19N3O/c1-3-6-10(9-17-2)14-13-15-11-7-4-5-8-12(11)16-13/h4-5,7-8,10H,3,6,9H2,1-2H3,(H2,14,15,16). The molecule has 1 atom stereocenters. The van der Waals surface area contributed by atoms with Crippen molar-refractivity contribution in [3.63, 3.8) is 0 Å². The largest absolute Gasteiger partial charge is 0.383 e. The summed E-state index contributed by atoms with van der Waals surface area (Å²) >= 11 is 0. The van der Waals surface area contributed by atoms with E-state index in [2.05, 4.69) is 22.2 Å². The fourth-order valence-corrected chi connectivity index (χ4v) is 1.96. The van der Waals surface area contributed by atoms with Crippen molar-refractivity contribution < 1.29 is 4.74 Å². The van der Waals surface area contributed by atoms with Crippen LogP contribution in [0.5, 0.6) is 0 Å². The number of aromatic nitrogens is 2. The van der Waals surface area contributed by atoms with Gasteiger partial charge in [-0.05, 0) is 18.6 Å². The maximum absolute atomic E-state index is 5.20. The molecule has 4 heteroatoms. The van der Waals surface area contributed by atoms with Gasteiger partial charge in [0.1, 0.15) is 0 Å². The van der Waals surface area contributed by atoms with Crippen molar-refractivity contribution in [1.29, 1.82) is 0 Å². The van der Waals surface area contributed by atoms with E-state index in [1.54, 1.807) is 7.11 Å². The number of H-pyrrole nitrogens is 1. The predicted molar refractivity (Wildman–Crippen MR) is 70.3 cm³/mol. The molecule has 0 radical (unpaired) electrons. The summed E-state index contributed by atoms with van der Waals surface area (Å²) in [4.78, 5) is 7.76. The topological polar surface area (TPSA) is 49.9 Å². The van der Waals surface area contributed by atoms with Gasteiger partial charge in [0.05, 0.1) is 23.7 Å². The van der Waals surface area contributed by atoms with Crippen LogP contribution in [-0.2, 0) is 4.74 Å². The lowest BCUT2D eigenvalue weighted by atomic mass is 10.2. The van der Waals surface area contributed by atoms with Gasteiger partial charge in [-0.25, -0.2) is 4.98 Å². The summed E-state index contributed by atoms with van der Waals surface area (Å²) < 4.78 is 5.20. The third-order valence-electron chi connectivity index (χ3n) is 2.74. The Morgan fingerprint density at radius 2 is 2.24 bits per heavy atom. The highest BCUT2D eigenvalue weighted by atomic mass is 16.5. The Bertz CT molecular complexity index is 427. The van der Waals surface area contributed by atoms with Gasteiger partial charge in [-0.1, -0.05) is 25.5 Å². The lowest BCUT2D eigenvalue weighted by Crippen LogP contribution is -2.25. The molecular weight excluding hydrogens is 214 g/mol. The first-order valence-corrected chi connectivity index (χ1v) is 6.03. The number of para-hydroxylation sites is 2. The van der Waals surface area contributed by atoms with E-state index in [-0.39, 0.29) is 0 Å². The molecule has 2 aromatic rings. The number of fused-ring (bicyclic) bond motifs is 1. The minimum absolute atomic E-state index is 0.311. The van der Waals surface area contributed by atoms with Crippen molar-refractivity contribution in [3.05, 3.63) is 24.3 Å². The number of nitrogens with one attached hydrogen (secondary N) is 2. The number of rotatable bonds is 6. The molecule has 2 N–H and O–H groups in total. The van der Waals surface area contributed by atoms with Crippen LogP contribution in [0.3, 0.4) is 0 Å². The Balaban J connectivity index is 2.10. The Morgan fingerprint density at radius 1 is 1.41 bits per heavy atom. The SMILES string of the molecule is CCCC(COC)Nc1nc2ccccc2[nH]1. The van der Waals surface area contributed by atoms with Gasteiger partial charge in [0.25, 0.3) is 0 Å². The van der Waals surface area contributed by atoms with Crippen LogP contribution in [-0.4, -0.2) is 29.7 Å². The molecule has 1 aromatic carbocycles. The minimum atomic E-state index is 0.311. The minimum Gasteiger partial charge on any atom is -0.383 e. The Kier molecular flexibility index (Phi) is 3.98. The highest BCUT2D eigenvalue weighted by molar-refractivity contribution is 5.77. The molecular formula is C13H19N3O. The van der Waals surface area contributed by atoms with Gasteiger partial charge in [-0.2, -0.15) is 0 Å². The second-order valence-electron chi connectivity index (χ2n) is 4.19. The lowest BCUT2D eigenvalue weighted by Gasteiger charge is -2.16. The smallest absolute Gasteiger partial charge is 0.201 e. The van der Waals surface area contributed by atoms with E-state index in [0.29, 0.717) is 12.6 Å². The number of hydrogen-bond acceptors (Lipinski definition) is 3. The maximum atomic E-state index is 5.20. The normalized spacial score (nSPS) is 12.8. The number of benzene rings is 1. The molecule has 0 fully saturated rings. The van der Waals surface area contributed by atoms with Crippen molar-refractivity contribution in [3.8, 4) is 0 Å². The summed E-state index contributed by atoms with van der Waals surface area (Å²) in [7, 11) is 1.73. The van der Waals surface area contributed by atoms with Gasteiger partial charge < -0.3 is 15.0 Å². The molecule has 1 unspecified atom stereocenters. The fourth-order valence-electron chi connectivity index (χ4n) is 1.96. The van der Waals surface area contributed by atoms with Crippen LogP contribution in [0.25, 0.3) is 11.0 Å². The summed E-state index contributed by atoms with van der Waals surface area (Å²) in [6, 6.07) is 8.33. The van der Waals surface area contributed by atoms with Crippen LogP contribution >= 0.6 is 0 Å². The van der Waals surface area contributed by atoms with Crippen molar-refractivity contribution in [2.45, 2.75) is 25.8 Å². The Labute approximate surface area is 101 Å². The molecule has 0 amide bonds. The zero-order chi connectivity index (χ0) is 12.1. The van der Waals surface area contributed by atoms with E-state index < -0.39 is 0 Å². The molecule has 0 saturated heterocycles. The highest BCUT2D eigenvalue weighted by Gasteiger charge is 2.09. The molecule has 1 heterocycles. The van der Waals surface area contributed by atoms with Gasteiger partial charge >= 0.3 is 0 Å². The Morgan fingerprint density at radius 3 is 2.94 bits per heavy atom. The molecule has 2 rings (SSSR count). The van der Waals surface area contributed by atoms with E-state index in [4.69, 9.17) is 4.74 Å². The first-order chi connectivity index (χ1) is 8.33. The summed E-state index contributed by atoms with van der Waals surface area (Å²) in [5.74, 6) is 0.821. The molecule has 0 saturated carbocycles. The summed E-state index contributed by atoms with van der Waals surface area (Å²) in [6.07, 6.45) is 2.20. The van der Waals surface area contributed by atoms with Crippen LogP contribution in [0.4, 0.5) is 5.95 Å². The van der Waals surface area contributed by atoms with Crippen molar-refractivity contribution in [1.82, 2.24) is 9.97 Å². The molecule has 0 spiro atoms. The number of methoxy groups -OCH3 is 1. The average molecular weight is 233 g/mol. The number of anilines is 1. The number of hydrogen-bond donors (Lipinski definition) is 2. The number of imidazole rings is 1. The Hall–Kier alpha value is -1.55. The van der Waals surface area contributed by atoms with Gasteiger partial charge in [-0.3, -0.25) is 0 Å². The third-order valence-corrected chi connectivity index (χ3v) is 2.74. The van der Waals surface area contributed by atoms with Gasteiger partial charge in [0.2, 0.25) is 5.95 Å². The van der Waals surface area contributed by atoms with E-state index >= 15 is 0 Å². The molecule has 0 aliphatic carbocycles. The first-order valence-electron chi connectivity index (χ1n) is 6.03. The van der Waals surface area contributed by atoms with E-state index in [1.165, 1.54) is 0 Å². The van der Waals surface area contributed by atoms with E-state index in [0.717, 1.165) is 29.8 Å². The van der Waals surface area contributed by atoms with Crippen molar-refractivity contribution in [2.24, 2.45) is 0 Å². The quantitative estimate of drug-likeness (QED) is 0.806. The number of aromatic amines is 1. The van der Waals surface area contributed by atoms with Crippen molar-refractivity contribution >= 4 is 17.0 Å². The van der Waals surface area contributed by atoms with Gasteiger partial charge in [0, 0.05) is 7.11 Å².